The molecule has 1 N–H and O–H groups in total. The van der Waals surface area contributed by atoms with Gasteiger partial charge < -0.3 is 19.5 Å². The van der Waals surface area contributed by atoms with Crippen LogP contribution in [0.25, 0.3) is 0 Å². The van der Waals surface area contributed by atoms with Crippen LogP contribution in [0.2, 0.25) is 0 Å². The minimum absolute atomic E-state index is 0.184. The summed E-state index contributed by atoms with van der Waals surface area (Å²) in [6, 6.07) is 18.6. The maximum absolute atomic E-state index is 13.1. The van der Waals surface area contributed by atoms with Crippen LogP contribution in [0, 0.1) is 6.92 Å². The van der Waals surface area contributed by atoms with Crippen LogP contribution >= 0.6 is 0 Å². The minimum Gasteiger partial charge on any atom is -0.493 e. The van der Waals surface area contributed by atoms with E-state index in [4.69, 9.17) is 14.2 Å². The Hall–Kier alpha value is -3.72. The SMILES string of the molecule is CCN(c1ccc(OCC(=O)N[C@@H](C)c2ccc(OC)c(OC)c2)cc1)S(=O)(=O)c1ccc(C)cc1. The molecule has 3 aromatic rings. The molecular weight excluding hydrogens is 480 g/mol. The van der Waals surface area contributed by atoms with E-state index < -0.39 is 10.0 Å². The van der Waals surface area contributed by atoms with Crippen molar-refractivity contribution in [3.63, 3.8) is 0 Å². The lowest BCUT2D eigenvalue weighted by molar-refractivity contribution is -0.123. The molecule has 1 amide bonds. The van der Waals surface area contributed by atoms with Crippen LogP contribution in [0.15, 0.2) is 71.6 Å². The lowest BCUT2D eigenvalue weighted by atomic mass is 10.1. The second-order valence-corrected chi connectivity index (χ2v) is 10.0. The molecule has 0 aromatic heterocycles. The summed E-state index contributed by atoms with van der Waals surface area (Å²) in [6.45, 7) is 5.63. The van der Waals surface area contributed by atoms with Crippen molar-refractivity contribution in [1.29, 1.82) is 0 Å². The zero-order chi connectivity index (χ0) is 26.3. The summed E-state index contributed by atoms with van der Waals surface area (Å²) in [4.78, 5) is 12.7. The molecule has 0 spiro atoms. The fraction of sp³-hybridized carbons (Fsp3) is 0.296. The van der Waals surface area contributed by atoms with Crippen molar-refractivity contribution in [3.05, 3.63) is 77.9 Å². The number of hydrogen-bond acceptors (Lipinski definition) is 6. The minimum atomic E-state index is -3.70. The summed E-state index contributed by atoms with van der Waals surface area (Å²) in [7, 11) is -0.575. The number of carbonyl (C=O) groups excluding carboxylic acids is 1. The molecular formula is C27H32N2O6S. The van der Waals surface area contributed by atoms with Crippen molar-refractivity contribution >= 4 is 21.6 Å². The molecule has 1 atom stereocenters. The van der Waals surface area contributed by atoms with Gasteiger partial charge in [-0.15, -0.1) is 0 Å². The fourth-order valence-corrected chi connectivity index (χ4v) is 5.15. The number of methoxy groups -OCH3 is 2. The first-order valence-electron chi connectivity index (χ1n) is 11.5. The Morgan fingerprint density at radius 2 is 1.58 bits per heavy atom. The first kappa shape index (κ1) is 26.9. The lowest BCUT2D eigenvalue weighted by Gasteiger charge is -2.23. The Morgan fingerprint density at radius 1 is 0.944 bits per heavy atom. The summed E-state index contributed by atoms with van der Waals surface area (Å²) in [6.07, 6.45) is 0. The van der Waals surface area contributed by atoms with Gasteiger partial charge in [0, 0.05) is 6.54 Å². The Bertz CT molecular complexity index is 1270. The van der Waals surface area contributed by atoms with Gasteiger partial charge in [-0.25, -0.2) is 8.42 Å². The van der Waals surface area contributed by atoms with Crippen molar-refractivity contribution < 1.29 is 27.4 Å². The maximum atomic E-state index is 13.1. The third kappa shape index (κ3) is 6.28. The average molecular weight is 513 g/mol. The number of ether oxygens (including phenoxy) is 3. The summed E-state index contributed by atoms with van der Waals surface area (Å²) >= 11 is 0. The smallest absolute Gasteiger partial charge is 0.264 e. The molecule has 0 saturated carbocycles. The van der Waals surface area contributed by atoms with Crippen LogP contribution in [0.5, 0.6) is 17.2 Å². The number of aryl methyl sites for hydroxylation is 1. The molecule has 8 nitrogen and oxygen atoms in total. The number of hydrogen-bond donors (Lipinski definition) is 1. The van der Waals surface area contributed by atoms with E-state index in [1.165, 1.54) is 4.31 Å². The van der Waals surface area contributed by atoms with Crippen LogP contribution in [0.3, 0.4) is 0 Å². The van der Waals surface area contributed by atoms with Gasteiger partial charge in [0.15, 0.2) is 18.1 Å². The lowest BCUT2D eigenvalue weighted by Crippen LogP contribution is -2.31. The quantitative estimate of drug-likeness (QED) is 0.407. The highest BCUT2D eigenvalue weighted by molar-refractivity contribution is 7.92. The number of nitrogens with one attached hydrogen (secondary N) is 1. The van der Waals surface area contributed by atoms with Gasteiger partial charge in [-0.1, -0.05) is 23.8 Å². The van der Waals surface area contributed by atoms with Crippen LogP contribution in [0.4, 0.5) is 5.69 Å². The monoisotopic (exact) mass is 512 g/mol. The van der Waals surface area contributed by atoms with Gasteiger partial charge in [-0.2, -0.15) is 0 Å². The van der Waals surface area contributed by atoms with E-state index in [0.29, 0.717) is 22.9 Å². The fourth-order valence-electron chi connectivity index (χ4n) is 3.67. The Kier molecular flexibility index (Phi) is 8.82. The highest BCUT2D eigenvalue weighted by Gasteiger charge is 2.23. The number of carbonyl (C=O) groups is 1. The molecule has 36 heavy (non-hydrogen) atoms. The van der Waals surface area contributed by atoms with Gasteiger partial charge in [0.05, 0.1) is 30.8 Å². The van der Waals surface area contributed by atoms with Crippen LogP contribution in [-0.4, -0.2) is 41.7 Å². The largest absolute Gasteiger partial charge is 0.493 e. The van der Waals surface area contributed by atoms with Crippen LogP contribution in [0.1, 0.15) is 31.0 Å². The first-order valence-corrected chi connectivity index (χ1v) is 13.0. The molecule has 0 aliphatic carbocycles. The topological polar surface area (TPSA) is 94.2 Å². The molecule has 192 valence electrons. The van der Waals surface area contributed by atoms with Crippen molar-refractivity contribution in [2.24, 2.45) is 0 Å². The Balaban J connectivity index is 1.61. The van der Waals surface area contributed by atoms with Crippen LogP contribution < -0.4 is 23.8 Å². The van der Waals surface area contributed by atoms with Crippen molar-refractivity contribution in [1.82, 2.24) is 5.32 Å². The molecule has 0 saturated heterocycles. The van der Waals surface area contributed by atoms with Crippen molar-refractivity contribution in [2.45, 2.75) is 31.7 Å². The van der Waals surface area contributed by atoms with Gasteiger partial charge in [-0.3, -0.25) is 9.10 Å². The van der Waals surface area contributed by atoms with E-state index in [9.17, 15) is 13.2 Å². The van der Waals surface area contributed by atoms with Gasteiger partial charge in [0.2, 0.25) is 0 Å². The highest BCUT2D eigenvalue weighted by atomic mass is 32.2. The second-order valence-electron chi connectivity index (χ2n) is 8.17. The van der Waals surface area contributed by atoms with E-state index >= 15 is 0 Å². The van der Waals surface area contributed by atoms with E-state index in [1.807, 2.05) is 26.0 Å². The third-order valence-corrected chi connectivity index (χ3v) is 7.59. The summed E-state index contributed by atoms with van der Waals surface area (Å²) < 4.78 is 43.7. The number of anilines is 1. The van der Waals surface area contributed by atoms with Gasteiger partial charge in [0.25, 0.3) is 15.9 Å². The molecule has 0 bridgehead atoms. The predicted molar refractivity (Wildman–Crippen MR) is 139 cm³/mol. The molecule has 3 rings (SSSR count). The van der Waals surface area contributed by atoms with Gasteiger partial charge >= 0.3 is 0 Å². The van der Waals surface area contributed by atoms with Crippen LogP contribution in [-0.2, 0) is 14.8 Å². The predicted octanol–water partition coefficient (Wildman–Crippen LogP) is 4.48. The Labute approximate surface area is 212 Å². The molecule has 0 fully saturated rings. The second kappa shape index (κ2) is 11.8. The van der Waals surface area contributed by atoms with Gasteiger partial charge in [-0.05, 0) is 74.9 Å². The van der Waals surface area contributed by atoms with Crippen molar-refractivity contribution in [3.8, 4) is 17.2 Å². The maximum Gasteiger partial charge on any atom is 0.264 e. The normalized spacial score (nSPS) is 11.9. The third-order valence-electron chi connectivity index (χ3n) is 5.68. The first-order chi connectivity index (χ1) is 17.2. The number of rotatable bonds is 11. The summed E-state index contributed by atoms with van der Waals surface area (Å²) in [5.74, 6) is 1.35. The highest BCUT2D eigenvalue weighted by Crippen LogP contribution is 2.30. The standard InChI is InChI=1S/C27H32N2O6S/c1-6-29(36(31,32)24-14-7-19(2)8-15-24)22-10-12-23(13-11-22)35-18-27(30)28-20(3)21-9-16-25(33-4)26(17-21)34-5/h7-17,20H,6,18H2,1-5H3,(H,28,30)/t20-/m0/s1. The number of benzene rings is 3. The number of amides is 1. The summed E-state index contributed by atoms with van der Waals surface area (Å²) in [5.41, 5.74) is 2.36. The Morgan fingerprint density at radius 3 is 2.17 bits per heavy atom. The van der Waals surface area contributed by atoms with E-state index in [1.54, 1.807) is 75.7 Å². The molecule has 0 aliphatic heterocycles. The van der Waals surface area contributed by atoms with Gasteiger partial charge in [0.1, 0.15) is 5.75 Å². The number of nitrogens with zero attached hydrogens (tertiary/aromatic N) is 1. The van der Waals surface area contributed by atoms with E-state index in [0.717, 1.165) is 11.1 Å². The average Bonchev–Trinajstić information content (AvgIpc) is 2.88. The summed E-state index contributed by atoms with van der Waals surface area (Å²) in [5, 5.41) is 2.89. The number of sulfonamides is 1. The van der Waals surface area contributed by atoms with E-state index in [2.05, 4.69) is 5.32 Å². The molecule has 0 unspecified atom stereocenters. The zero-order valence-corrected chi connectivity index (χ0v) is 22.0. The molecule has 9 heteroatoms. The molecule has 0 heterocycles. The van der Waals surface area contributed by atoms with Crippen molar-refractivity contribution in [2.75, 3.05) is 31.7 Å². The van der Waals surface area contributed by atoms with E-state index in [-0.39, 0.29) is 30.0 Å². The molecule has 0 aliphatic rings. The molecule has 0 radical (unpaired) electrons. The molecule has 3 aromatic carbocycles. The zero-order valence-electron chi connectivity index (χ0n) is 21.1.